The van der Waals surface area contributed by atoms with Gasteiger partial charge in [-0.25, -0.2) is 8.42 Å². The Labute approximate surface area is 186 Å². The van der Waals surface area contributed by atoms with E-state index in [1.54, 1.807) is 30.3 Å². The second kappa shape index (κ2) is 9.98. The van der Waals surface area contributed by atoms with Gasteiger partial charge in [0, 0.05) is 44.8 Å². The zero-order valence-corrected chi connectivity index (χ0v) is 19.1. The maximum Gasteiger partial charge on any atom is 0.243 e. The summed E-state index contributed by atoms with van der Waals surface area (Å²) < 4.78 is 33.0. The van der Waals surface area contributed by atoms with Crippen molar-refractivity contribution in [1.29, 1.82) is 0 Å². The SMILES string of the molecule is O=C(NCC1(CN2CCCC2)CCOCC1)C1CCCN(S(=O)(=O)c2ccccc2)C1. The fourth-order valence-electron chi connectivity index (χ4n) is 5.15. The molecule has 1 aromatic rings. The number of carbonyl (C=O) groups is 1. The molecule has 0 saturated carbocycles. The van der Waals surface area contributed by atoms with Crippen molar-refractivity contribution < 1.29 is 17.9 Å². The van der Waals surface area contributed by atoms with Crippen molar-refractivity contribution in [2.75, 3.05) is 52.5 Å². The lowest BCUT2D eigenvalue weighted by atomic mass is 9.79. The van der Waals surface area contributed by atoms with Crippen molar-refractivity contribution in [2.24, 2.45) is 11.3 Å². The molecule has 0 aromatic heterocycles. The van der Waals surface area contributed by atoms with Crippen LogP contribution in [0.2, 0.25) is 0 Å². The molecule has 0 spiro atoms. The van der Waals surface area contributed by atoms with Gasteiger partial charge in [-0.05, 0) is 63.7 Å². The number of amides is 1. The summed E-state index contributed by atoms with van der Waals surface area (Å²) in [6.45, 7) is 6.16. The van der Waals surface area contributed by atoms with E-state index in [9.17, 15) is 13.2 Å². The Morgan fingerprint density at radius 2 is 1.77 bits per heavy atom. The van der Waals surface area contributed by atoms with Crippen LogP contribution in [0.15, 0.2) is 35.2 Å². The van der Waals surface area contributed by atoms with E-state index in [0.29, 0.717) is 24.4 Å². The molecule has 1 amide bonds. The molecule has 3 fully saturated rings. The van der Waals surface area contributed by atoms with E-state index in [1.807, 2.05) is 0 Å². The van der Waals surface area contributed by atoms with Crippen molar-refractivity contribution in [2.45, 2.75) is 43.4 Å². The molecule has 172 valence electrons. The van der Waals surface area contributed by atoms with Crippen LogP contribution < -0.4 is 5.32 Å². The zero-order valence-electron chi connectivity index (χ0n) is 18.3. The Kier molecular flexibility index (Phi) is 7.31. The van der Waals surface area contributed by atoms with Crippen LogP contribution in [-0.2, 0) is 19.6 Å². The Balaban J connectivity index is 1.37. The van der Waals surface area contributed by atoms with Crippen molar-refractivity contribution in [3.8, 4) is 0 Å². The first-order chi connectivity index (χ1) is 15.0. The second-order valence-electron chi connectivity index (χ2n) is 9.33. The second-order valence-corrected chi connectivity index (χ2v) is 11.3. The number of rotatable bonds is 7. The predicted molar refractivity (Wildman–Crippen MR) is 119 cm³/mol. The number of likely N-dealkylation sites (tertiary alicyclic amines) is 1. The van der Waals surface area contributed by atoms with E-state index >= 15 is 0 Å². The van der Waals surface area contributed by atoms with Crippen LogP contribution in [0.4, 0.5) is 0 Å². The van der Waals surface area contributed by atoms with E-state index in [4.69, 9.17) is 4.74 Å². The van der Waals surface area contributed by atoms with Crippen molar-refractivity contribution in [3.63, 3.8) is 0 Å². The lowest BCUT2D eigenvalue weighted by molar-refractivity contribution is -0.127. The first kappa shape index (κ1) is 22.7. The third-order valence-corrected chi connectivity index (χ3v) is 8.96. The van der Waals surface area contributed by atoms with Gasteiger partial charge in [-0.1, -0.05) is 18.2 Å². The van der Waals surface area contributed by atoms with Gasteiger partial charge in [-0.3, -0.25) is 4.79 Å². The Morgan fingerprint density at radius 3 is 2.48 bits per heavy atom. The molecule has 7 nitrogen and oxygen atoms in total. The standard InChI is InChI=1S/C23H35N3O4S/c27-22(24-18-23(10-15-30-16-11-23)19-25-12-4-5-13-25)20-7-6-14-26(17-20)31(28,29)21-8-2-1-3-9-21/h1-3,8-9,20H,4-7,10-19H2,(H,24,27). The fraction of sp³-hybridized carbons (Fsp3) is 0.696. The van der Waals surface area contributed by atoms with Crippen molar-refractivity contribution in [1.82, 2.24) is 14.5 Å². The summed E-state index contributed by atoms with van der Waals surface area (Å²) in [6, 6.07) is 8.50. The van der Waals surface area contributed by atoms with Crippen LogP contribution in [0.3, 0.4) is 0 Å². The number of sulfonamides is 1. The molecule has 8 heteroatoms. The molecule has 3 heterocycles. The number of nitrogens with zero attached hydrogens (tertiary/aromatic N) is 2. The van der Waals surface area contributed by atoms with Crippen LogP contribution in [0.1, 0.15) is 38.5 Å². The molecule has 3 saturated heterocycles. The molecule has 0 bridgehead atoms. The van der Waals surface area contributed by atoms with Gasteiger partial charge < -0.3 is 15.0 Å². The van der Waals surface area contributed by atoms with Gasteiger partial charge in [0.1, 0.15) is 0 Å². The van der Waals surface area contributed by atoms with E-state index in [0.717, 1.165) is 52.1 Å². The summed E-state index contributed by atoms with van der Waals surface area (Å²) in [5.41, 5.74) is 0.0583. The average Bonchev–Trinajstić information content (AvgIpc) is 3.31. The summed E-state index contributed by atoms with van der Waals surface area (Å²) in [4.78, 5) is 15.9. The summed E-state index contributed by atoms with van der Waals surface area (Å²) in [7, 11) is -3.56. The third kappa shape index (κ3) is 5.48. The number of carbonyl (C=O) groups excluding carboxylic acids is 1. The quantitative estimate of drug-likeness (QED) is 0.690. The molecule has 0 radical (unpaired) electrons. The number of ether oxygens (including phenoxy) is 1. The third-order valence-electron chi connectivity index (χ3n) is 7.08. The maximum absolute atomic E-state index is 13.1. The minimum Gasteiger partial charge on any atom is -0.381 e. The Hall–Kier alpha value is -1.48. The highest BCUT2D eigenvalue weighted by molar-refractivity contribution is 7.89. The summed E-state index contributed by atoms with van der Waals surface area (Å²) in [5.74, 6) is -0.309. The molecular weight excluding hydrogens is 414 g/mol. The van der Waals surface area contributed by atoms with Gasteiger partial charge in [0.2, 0.25) is 15.9 Å². The van der Waals surface area contributed by atoms with Crippen LogP contribution in [0.25, 0.3) is 0 Å². The average molecular weight is 450 g/mol. The molecular formula is C23H35N3O4S. The highest BCUT2D eigenvalue weighted by Crippen LogP contribution is 2.32. The molecule has 1 N–H and O–H groups in total. The maximum atomic E-state index is 13.1. The molecule has 3 aliphatic rings. The summed E-state index contributed by atoms with van der Waals surface area (Å²) in [6.07, 6.45) is 5.87. The molecule has 1 atom stereocenters. The van der Waals surface area contributed by atoms with Gasteiger partial charge >= 0.3 is 0 Å². The normalized spacial score (nSPS) is 25.4. The lowest BCUT2D eigenvalue weighted by Gasteiger charge is -2.40. The lowest BCUT2D eigenvalue weighted by Crippen LogP contribution is -2.51. The number of nitrogens with one attached hydrogen (secondary N) is 1. The Bertz CT molecular complexity index is 834. The van der Waals surface area contributed by atoms with Crippen molar-refractivity contribution >= 4 is 15.9 Å². The van der Waals surface area contributed by atoms with Gasteiger partial charge in [0.05, 0.1) is 10.8 Å². The largest absolute Gasteiger partial charge is 0.381 e. The number of piperidine rings is 1. The predicted octanol–water partition coefficient (Wildman–Crippen LogP) is 2.10. The van der Waals surface area contributed by atoms with E-state index in [-0.39, 0.29) is 23.8 Å². The number of benzene rings is 1. The van der Waals surface area contributed by atoms with Gasteiger partial charge in [-0.2, -0.15) is 4.31 Å². The molecule has 1 unspecified atom stereocenters. The molecule has 0 aliphatic carbocycles. The van der Waals surface area contributed by atoms with Crippen molar-refractivity contribution in [3.05, 3.63) is 30.3 Å². The molecule has 4 rings (SSSR count). The zero-order chi connectivity index (χ0) is 21.7. The number of hydrogen-bond donors (Lipinski definition) is 1. The monoisotopic (exact) mass is 449 g/mol. The fourth-order valence-corrected chi connectivity index (χ4v) is 6.69. The first-order valence-electron chi connectivity index (χ1n) is 11.6. The minimum absolute atomic E-state index is 0.0137. The first-order valence-corrected chi connectivity index (χ1v) is 13.1. The van der Waals surface area contributed by atoms with E-state index in [2.05, 4.69) is 10.2 Å². The molecule has 31 heavy (non-hydrogen) atoms. The molecule has 3 aliphatic heterocycles. The molecule has 1 aromatic carbocycles. The van der Waals surface area contributed by atoms with Gasteiger partial charge in [0.25, 0.3) is 0 Å². The van der Waals surface area contributed by atoms with E-state index in [1.165, 1.54) is 17.1 Å². The highest BCUT2D eigenvalue weighted by Gasteiger charge is 2.37. The Morgan fingerprint density at radius 1 is 1.06 bits per heavy atom. The van der Waals surface area contributed by atoms with Crippen LogP contribution in [-0.4, -0.2) is 76.0 Å². The summed E-state index contributed by atoms with van der Waals surface area (Å²) in [5, 5.41) is 3.21. The van der Waals surface area contributed by atoms with Gasteiger partial charge in [-0.15, -0.1) is 0 Å². The van der Waals surface area contributed by atoms with Crippen LogP contribution in [0, 0.1) is 11.3 Å². The minimum atomic E-state index is -3.56. The highest BCUT2D eigenvalue weighted by atomic mass is 32.2. The van der Waals surface area contributed by atoms with E-state index < -0.39 is 10.0 Å². The van der Waals surface area contributed by atoms with Gasteiger partial charge in [0.15, 0.2) is 0 Å². The number of hydrogen-bond acceptors (Lipinski definition) is 5. The van der Waals surface area contributed by atoms with Crippen LogP contribution >= 0.6 is 0 Å². The summed E-state index contributed by atoms with van der Waals surface area (Å²) >= 11 is 0. The smallest absolute Gasteiger partial charge is 0.243 e. The topological polar surface area (TPSA) is 79.0 Å². The van der Waals surface area contributed by atoms with Crippen LogP contribution in [0.5, 0.6) is 0 Å².